The number of carbonyl (C=O) groups is 2. The first kappa shape index (κ1) is 15.9. The van der Waals surface area contributed by atoms with Gasteiger partial charge in [0.2, 0.25) is 5.91 Å². The molecule has 1 aromatic heterocycles. The standard InChI is InChI=1S/C12H17N3O2S.ClH/c16-11(15-7-9-5-13-6-9)1-3-14-12(17)10-2-4-18-8-10;/h2,4,8-9,13H,1,3,5-7H2,(H,14,17)(H,15,16);1H. The van der Waals surface area contributed by atoms with Crippen molar-refractivity contribution in [2.45, 2.75) is 6.42 Å². The second kappa shape index (κ2) is 8.14. The molecule has 0 aromatic carbocycles. The zero-order chi connectivity index (χ0) is 12.8. The molecule has 1 fully saturated rings. The monoisotopic (exact) mass is 303 g/mol. The van der Waals surface area contributed by atoms with Gasteiger partial charge in [0, 0.05) is 49.5 Å². The minimum atomic E-state index is -0.118. The van der Waals surface area contributed by atoms with Gasteiger partial charge in [-0.1, -0.05) is 0 Å². The predicted molar refractivity (Wildman–Crippen MR) is 77.9 cm³/mol. The smallest absolute Gasteiger partial charge is 0.252 e. The molecule has 1 saturated heterocycles. The lowest BCUT2D eigenvalue weighted by molar-refractivity contribution is -0.121. The van der Waals surface area contributed by atoms with E-state index in [2.05, 4.69) is 16.0 Å². The molecular formula is C12H18ClN3O2S. The lowest BCUT2D eigenvalue weighted by Gasteiger charge is -2.27. The van der Waals surface area contributed by atoms with Gasteiger partial charge in [-0.05, 0) is 11.4 Å². The fraction of sp³-hybridized carbons (Fsp3) is 0.500. The molecule has 7 heteroatoms. The highest BCUT2D eigenvalue weighted by molar-refractivity contribution is 7.08. The molecule has 0 aliphatic carbocycles. The van der Waals surface area contributed by atoms with Crippen LogP contribution >= 0.6 is 23.7 Å². The summed E-state index contributed by atoms with van der Waals surface area (Å²) in [7, 11) is 0. The zero-order valence-corrected chi connectivity index (χ0v) is 12.1. The molecule has 0 bridgehead atoms. The van der Waals surface area contributed by atoms with Crippen LogP contribution in [0.4, 0.5) is 0 Å². The van der Waals surface area contributed by atoms with E-state index in [1.54, 1.807) is 11.4 Å². The van der Waals surface area contributed by atoms with Crippen molar-refractivity contribution in [2.24, 2.45) is 5.92 Å². The third-order valence-electron chi connectivity index (χ3n) is 2.87. The Morgan fingerprint density at radius 1 is 1.37 bits per heavy atom. The highest BCUT2D eigenvalue weighted by Gasteiger charge is 2.16. The van der Waals surface area contributed by atoms with Crippen LogP contribution in [-0.4, -0.2) is 38.0 Å². The van der Waals surface area contributed by atoms with Crippen LogP contribution in [0.2, 0.25) is 0 Å². The van der Waals surface area contributed by atoms with Crippen LogP contribution in [0.15, 0.2) is 16.8 Å². The molecule has 1 aliphatic heterocycles. The van der Waals surface area contributed by atoms with E-state index >= 15 is 0 Å². The summed E-state index contributed by atoms with van der Waals surface area (Å²) in [6.07, 6.45) is 0.329. The van der Waals surface area contributed by atoms with Gasteiger partial charge in [-0.15, -0.1) is 12.4 Å². The van der Waals surface area contributed by atoms with E-state index < -0.39 is 0 Å². The third-order valence-corrected chi connectivity index (χ3v) is 3.56. The van der Waals surface area contributed by atoms with E-state index in [-0.39, 0.29) is 24.2 Å². The van der Waals surface area contributed by atoms with Gasteiger partial charge in [0.1, 0.15) is 0 Å². The van der Waals surface area contributed by atoms with Crippen molar-refractivity contribution in [3.8, 4) is 0 Å². The molecule has 2 rings (SSSR count). The Hall–Kier alpha value is -1.11. The van der Waals surface area contributed by atoms with E-state index in [1.165, 1.54) is 11.3 Å². The Morgan fingerprint density at radius 3 is 2.74 bits per heavy atom. The average molecular weight is 304 g/mol. The molecule has 0 saturated carbocycles. The highest BCUT2D eigenvalue weighted by atomic mass is 35.5. The van der Waals surface area contributed by atoms with Crippen molar-refractivity contribution >= 4 is 35.6 Å². The highest BCUT2D eigenvalue weighted by Crippen LogP contribution is 2.05. The summed E-state index contributed by atoms with van der Waals surface area (Å²) in [6, 6.07) is 1.77. The molecule has 3 N–H and O–H groups in total. The first-order chi connectivity index (χ1) is 8.75. The molecular weight excluding hydrogens is 286 g/mol. The van der Waals surface area contributed by atoms with Crippen molar-refractivity contribution in [3.63, 3.8) is 0 Å². The van der Waals surface area contributed by atoms with Crippen LogP contribution in [0.3, 0.4) is 0 Å². The number of nitrogens with one attached hydrogen (secondary N) is 3. The van der Waals surface area contributed by atoms with Gasteiger partial charge in [0.25, 0.3) is 5.91 Å². The number of amides is 2. The molecule has 2 amide bonds. The van der Waals surface area contributed by atoms with E-state index in [4.69, 9.17) is 0 Å². The predicted octanol–water partition coefficient (Wildman–Crippen LogP) is 0.625. The maximum absolute atomic E-state index is 11.6. The summed E-state index contributed by atoms with van der Waals surface area (Å²) < 4.78 is 0. The quantitative estimate of drug-likeness (QED) is 0.722. The maximum Gasteiger partial charge on any atom is 0.252 e. The summed E-state index contributed by atoms with van der Waals surface area (Å²) in [4.78, 5) is 23.0. The molecule has 0 spiro atoms. The number of halogens is 1. The summed E-state index contributed by atoms with van der Waals surface area (Å²) in [6.45, 7) is 3.07. The Labute approximate surface area is 122 Å². The van der Waals surface area contributed by atoms with Crippen molar-refractivity contribution in [1.82, 2.24) is 16.0 Å². The second-order valence-corrected chi connectivity index (χ2v) is 5.13. The van der Waals surface area contributed by atoms with E-state index in [0.717, 1.165) is 19.6 Å². The van der Waals surface area contributed by atoms with Gasteiger partial charge >= 0.3 is 0 Å². The second-order valence-electron chi connectivity index (χ2n) is 4.35. The number of hydrogen-bond donors (Lipinski definition) is 3. The largest absolute Gasteiger partial charge is 0.356 e. The van der Waals surface area contributed by atoms with Gasteiger partial charge in [0.15, 0.2) is 0 Å². The molecule has 0 radical (unpaired) electrons. The summed E-state index contributed by atoms with van der Waals surface area (Å²) >= 11 is 1.48. The summed E-state index contributed by atoms with van der Waals surface area (Å²) in [5, 5.41) is 12.4. The number of carbonyl (C=O) groups excluding carboxylic acids is 2. The average Bonchev–Trinajstić information content (AvgIpc) is 2.80. The van der Waals surface area contributed by atoms with Crippen LogP contribution in [0.25, 0.3) is 0 Å². The van der Waals surface area contributed by atoms with Gasteiger partial charge in [-0.2, -0.15) is 11.3 Å². The lowest BCUT2D eigenvalue weighted by Crippen LogP contribution is -2.48. The van der Waals surface area contributed by atoms with Crippen molar-refractivity contribution in [3.05, 3.63) is 22.4 Å². The third kappa shape index (κ3) is 5.18. The Kier molecular flexibility index (Phi) is 6.83. The first-order valence-electron chi connectivity index (χ1n) is 6.03. The Balaban J connectivity index is 0.00000180. The molecule has 106 valence electrons. The van der Waals surface area contributed by atoms with Gasteiger partial charge in [-0.3, -0.25) is 9.59 Å². The molecule has 5 nitrogen and oxygen atoms in total. The Bertz CT molecular complexity index is 407. The van der Waals surface area contributed by atoms with Crippen molar-refractivity contribution < 1.29 is 9.59 Å². The van der Waals surface area contributed by atoms with Gasteiger partial charge < -0.3 is 16.0 Å². The number of thiophene rings is 1. The molecule has 0 atom stereocenters. The van der Waals surface area contributed by atoms with Crippen LogP contribution in [0, 0.1) is 5.92 Å². The lowest BCUT2D eigenvalue weighted by atomic mass is 10.0. The molecule has 2 heterocycles. The molecule has 1 aromatic rings. The summed E-state index contributed by atoms with van der Waals surface area (Å²) in [5.41, 5.74) is 0.654. The van der Waals surface area contributed by atoms with E-state index in [9.17, 15) is 9.59 Å². The van der Waals surface area contributed by atoms with Crippen LogP contribution in [0.1, 0.15) is 16.8 Å². The SMILES string of the molecule is Cl.O=C(CCNC(=O)c1ccsc1)NCC1CNC1. The van der Waals surface area contributed by atoms with Gasteiger partial charge in [0.05, 0.1) is 0 Å². The van der Waals surface area contributed by atoms with Crippen molar-refractivity contribution in [1.29, 1.82) is 0 Å². The normalized spacial score (nSPS) is 14.1. The van der Waals surface area contributed by atoms with Crippen LogP contribution in [-0.2, 0) is 4.79 Å². The van der Waals surface area contributed by atoms with E-state index in [0.29, 0.717) is 24.4 Å². The maximum atomic E-state index is 11.6. The van der Waals surface area contributed by atoms with Crippen LogP contribution in [0.5, 0.6) is 0 Å². The first-order valence-corrected chi connectivity index (χ1v) is 6.98. The summed E-state index contributed by atoms with van der Waals surface area (Å²) in [5.74, 6) is 0.439. The molecule has 19 heavy (non-hydrogen) atoms. The van der Waals surface area contributed by atoms with Crippen LogP contribution < -0.4 is 16.0 Å². The van der Waals surface area contributed by atoms with E-state index in [1.807, 2.05) is 5.38 Å². The topological polar surface area (TPSA) is 70.2 Å². The Morgan fingerprint density at radius 2 is 2.16 bits per heavy atom. The zero-order valence-electron chi connectivity index (χ0n) is 10.5. The fourth-order valence-electron chi connectivity index (χ4n) is 1.62. The minimum Gasteiger partial charge on any atom is -0.356 e. The van der Waals surface area contributed by atoms with Gasteiger partial charge in [-0.25, -0.2) is 0 Å². The molecule has 0 unspecified atom stereocenters. The fourth-order valence-corrected chi connectivity index (χ4v) is 2.26. The number of rotatable bonds is 6. The number of hydrogen-bond acceptors (Lipinski definition) is 4. The molecule has 1 aliphatic rings. The van der Waals surface area contributed by atoms with Crippen molar-refractivity contribution in [2.75, 3.05) is 26.2 Å². The minimum absolute atomic E-state index is 0.